The van der Waals surface area contributed by atoms with Crippen LogP contribution in [0.4, 0.5) is 0 Å². The van der Waals surface area contributed by atoms with Crippen molar-refractivity contribution in [2.75, 3.05) is 26.8 Å². The summed E-state index contributed by atoms with van der Waals surface area (Å²) in [4.78, 5) is 8.40. The molecule has 0 amide bonds. The number of nitrogens with zero attached hydrogens (tertiary/aromatic N) is 3. The van der Waals surface area contributed by atoms with Gasteiger partial charge in [0.05, 0.1) is 12.0 Å². The van der Waals surface area contributed by atoms with Crippen LogP contribution in [0.5, 0.6) is 0 Å². The SMILES string of the molecule is CN=C(NCCCOCC(C)C)NCc1ccccc1-n1ccnc1. The first-order valence-corrected chi connectivity index (χ1v) is 8.79. The van der Waals surface area contributed by atoms with Gasteiger partial charge in [-0.15, -0.1) is 0 Å². The number of nitrogens with one attached hydrogen (secondary N) is 2. The van der Waals surface area contributed by atoms with Gasteiger partial charge in [0.15, 0.2) is 5.96 Å². The van der Waals surface area contributed by atoms with Crippen LogP contribution >= 0.6 is 0 Å². The van der Waals surface area contributed by atoms with E-state index in [2.05, 4.69) is 46.6 Å². The van der Waals surface area contributed by atoms with Crippen molar-refractivity contribution < 1.29 is 4.74 Å². The number of ether oxygens (including phenoxy) is 1. The normalized spacial score (nSPS) is 11.8. The van der Waals surface area contributed by atoms with Gasteiger partial charge < -0.3 is 19.9 Å². The van der Waals surface area contributed by atoms with Gasteiger partial charge >= 0.3 is 0 Å². The summed E-state index contributed by atoms with van der Waals surface area (Å²) >= 11 is 0. The summed E-state index contributed by atoms with van der Waals surface area (Å²) in [6, 6.07) is 8.26. The minimum atomic E-state index is 0.581. The van der Waals surface area contributed by atoms with Crippen molar-refractivity contribution in [1.29, 1.82) is 0 Å². The first-order chi connectivity index (χ1) is 12.2. The second-order valence-corrected chi connectivity index (χ2v) is 6.27. The molecule has 0 bridgehead atoms. The molecule has 0 saturated heterocycles. The van der Waals surface area contributed by atoms with Crippen LogP contribution in [0.2, 0.25) is 0 Å². The van der Waals surface area contributed by atoms with Crippen molar-refractivity contribution in [3.05, 3.63) is 48.5 Å². The number of aromatic nitrogens is 2. The maximum Gasteiger partial charge on any atom is 0.191 e. The highest BCUT2D eigenvalue weighted by molar-refractivity contribution is 5.79. The van der Waals surface area contributed by atoms with Crippen LogP contribution < -0.4 is 10.6 Å². The van der Waals surface area contributed by atoms with Crippen molar-refractivity contribution in [2.45, 2.75) is 26.8 Å². The lowest BCUT2D eigenvalue weighted by Gasteiger charge is -2.14. The Morgan fingerprint density at radius 1 is 1.28 bits per heavy atom. The minimum Gasteiger partial charge on any atom is -0.381 e. The van der Waals surface area contributed by atoms with Crippen molar-refractivity contribution >= 4 is 5.96 Å². The molecule has 6 nitrogen and oxygen atoms in total. The smallest absolute Gasteiger partial charge is 0.191 e. The van der Waals surface area contributed by atoms with Crippen LogP contribution in [0.1, 0.15) is 25.8 Å². The lowest BCUT2D eigenvalue weighted by atomic mass is 10.1. The highest BCUT2D eigenvalue weighted by atomic mass is 16.5. The Kier molecular flexibility index (Phi) is 7.98. The average Bonchev–Trinajstić information content (AvgIpc) is 3.15. The number of para-hydroxylation sites is 1. The number of guanidine groups is 1. The Morgan fingerprint density at radius 3 is 2.84 bits per heavy atom. The van der Waals surface area contributed by atoms with Gasteiger partial charge in [0, 0.05) is 45.7 Å². The molecule has 0 radical (unpaired) electrons. The van der Waals surface area contributed by atoms with E-state index in [0.29, 0.717) is 12.5 Å². The first kappa shape index (κ1) is 19.0. The Hall–Kier alpha value is -2.34. The number of imidazole rings is 1. The number of hydrogen-bond donors (Lipinski definition) is 2. The predicted molar refractivity (Wildman–Crippen MR) is 102 cm³/mol. The van der Waals surface area contributed by atoms with Gasteiger partial charge in [-0.05, 0) is 24.0 Å². The minimum absolute atomic E-state index is 0.581. The molecule has 136 valence electrons. The van der Waals surface area contributed by atoms with E-state index in [1.54, 1.807) is 13.2 Å². The zero-order valence-electron chi connectivity index (χ0n) is 15.4. The molecule has 2 rings (SSSR count). The van der Waals surface area contributed by atoms with Gasteiger partial charge in [-0.25, -0.2) is 4.98 Å². The van der Waals surface area contributed by atoms with E-state index in [9.17, 15) is 0 Å². The highest BCUT2D eigenvalue weighted by Gasteiger charge is 2.05. The molecular formula is C19H29N5O. The Labute approximate surface area is 150 Å². The van der Waals surface area contributed by atoms with Crippen LogP contribution in [0.15, 0.2) is 48.0 Å². The standard InChI is InChI=1S/C19H29N5O/c1-16(2)14-25-12-6-9-22-19(20-3)23-13-17-7-4-5-8-18(17)24-11-10-21-15-24/h4-5,7-8,10-11,15-16H,6,9,12-14H2,1-3H3,(H2,20,22,23). The summed E-state index contributed by atoms with van der Waals surface area (Å²) < 4.78 is 7.60. The fourth-order valence-electron chi connectivity index (χ4n) is 2.41. The van der Waals surface area contributed by atoms with Crippen LogP contribution in [-0.2, 0) is 11.3 Å². The second-order valence-electron chi connectivity index (χ2n) is 6.27. The maximum atomic E-state index is 5.59. The van der Waals surface area contributed by atoms with Crippen LogP contribution in [0.3, 0.4) is 0 Å². The lowest BCUT2D eigenvalue weighted by Crippen LogP contribution is -2.37. The van der Waals surface area contributed by atoms with Crippen molar-refractivity contribution in [2.24, 2.45) is 10.9 Å². The molecule has 1 heterocycles. The second kappa shape index (κ2) is 10.5. The van der Waals surface area contributed by atoms with Gasteiger partial charge in [0.1, 0.15) is 0 Å². The third-order valence-corrected chi connectivity index (χ3v) is 3.65. The average molecular weight is 343 g/mol. The molecule has 6 heteroatoms. The topological polar surface area (TPSA) is 63.5 Å². The quantitative estimate of drug-likeness (QED) is 0.417. The van der Waals surface area contributed by atoms with Gasteiger partial charge in [0.25, 0.3) is 0 Å². The molecule has 0 aliphatic carbocycles. The lowest BCUT2D eigenvalue weighted by molar-refractivity contribution is 0.108. The molecule has 0 aliphatic heterocycles. The van der Waals surface area contributed by atoms with Crippen molar-refractivity contribution in [3.63, 3.8) is 0 Å². The van der Waals surface area contributed by atoms with E-state index in [4.69, 9.17) is 4.74 Å². The number of aliphatic imine (C=N–C) groups is 1. The monoisotopic (exact) mass is 343 g/mol. The van der Waals surface area contributed by atoms with E-state index in [-0.39, 0.29) is 0 Å². The Bertz CT molecular complexity index is 637. The van der Waals surface area contributed by atoms with E-state index in [1.165, 1.54) is 5.56 Å². The Balaban J connectivity index is 1.78. The molecule has 2 N–H and O–H groups in total. The summed E-state index contributed by atoms with van der Waals surface area (Å²) in [6.45, 7) is 7.43. The third-order valence-electron chi connectivity index (χ3n) is 3.65. The van der Waals surface area contributed by atoms with Gasteiger partial charge in [0.2, 0.25) is 0 Å². The van der Waals surface area contributed by atoms with E-state index in [1.807, 2.05) is 29.2 Å². The molecular weight excluding hydrogens is 314 g/mol. The van der Waals surface area contributed by atoms with Crippen molar-refractivity contribution in [3.8, 4) is 5.69 Å². The number of benzene rings is 1. The summed E-state index contributed by atoms with van der Waals surface area (Å²) in [5.74, 6) is 1.38. The molecule has 0 spiro atoms. The van der Waals surface area contributed by atoms with Gasteiger partial charge in [-0.1, -0.05) is 32.0 Å². The molecule has 0 atom stereocenters. The zero-order chi connectivity index (χ0) is 17.9. The largest absolute Gasteiger partial charge is 0.381 e. The molecule has 1 aromatic carbocycles. The van der Waals surface area contributed by atoms with Crippen LogP contribution in [0.25, 0.3) is 5.69 Å². The molecule has 0 saturated carbocycles. The van der Waals surface area contributed by atoms with E-state index < -0.39 is 0 Å². The zero-order valence-corrected chi connectivity index (χ0v) is 15.4. The van der Waals surface area contributed by atoms with Crippen molar-refractivity contribution in [1.82, 2.24) is 20.2 Å². The molecule has 0 fully saturated rings. The van der Waals surface area contributed by atoms with Crippen LogP contribution in [0, 0.1) is 5.92 Å². The predicted octanol–water partition coefficient (Wildman–Crippen LogP) is 2.60. The molecule has 0 aliphatic rings. The van der Waals surface area contributed by atoms with Crippen LogP contribution in [-0.4, -0.2) is 42.3 Å². The number of rotatable bonds is 9. The summed E-state index contributed by atoms with van der Waals surface area (Å²) in [7, 11) is 1.78. The van der Waals surface area contributed by atoms with E-state index >= 15 is 0 Å². The third kappa shape index (κ3) is 6.58. The Morgan fingerprint density at radius 2 is 2.12 bits per heavy atom. The fraction of sp³-hybridized carbons (Fsp3) is 0.474. The first-order valence-electron chi connectivity index (χ1n) is 8.79. The molecule has 25 heavy (non-hydrogen) atoms. The number of hydrogen-bond acceptors (Lipinski definition) is 3. The fourth-order valence-corrected chi connectivity index (χ4v) is 2.41. The van der Waals surface area contributed by atoms with E-state index in [0.717, 1.165) is 37.8 Å². The molecule has 1 aromatic heterocycles. The highest BCUT2D eigenvalue weighted by Crippen LogP contribution is 2.13. The van der Waals surface area contributed by atoms with Gasteiger partial charge in [-0.2, -0.15) is 0 Å². The molecule has 0 unspecified atom stereocenters. The summed E-state index contributed by atoms with van der Waals surface area (Å²) in [5.41, 5.74) is 2.30. The molecule has 2 aromatic rings. The maximum absolute atomic E-state index is 5.59. The van der Waals surface area contributed by atoms with Gasteiger partial charge in [-0.3, -0.25) is 4.99 Å². The summed E-state index contributed by atoms with van der Waals surface area (Å²) in [6.07, 6.45) is 6.50. The summed E-state index contributed by atoms with van der Waals surface area (Å²) in [5, 5.41) is 6.68.